The molecule has 2 aromatic rings. The summed E-state index contributed by atoms with van der Waals surface area (Å²) in [6, 6.07) is 15.6. The van der Waals surface area contributed by atoms with E-state index in [9.17, 15) is 4.79 Å². The van der Waals surface area contributed by atoms with Crippen molar-refractivity contribution in [1.82, 2.24) is 0 Å². The molecule has 0 heterocycles. The van der Waals surface area contributed by atoms with Crippen molar-refractivity contribution in [1.29, 1.82) is 0 Å². The van der Waals surface area contributed by atoms with E-state index in [1.54, 1.807) is 12.1 Å². The van der Waals surface area contributed by atoms with Gasteiger partial charge in [-0.15, -0.1) is 0 Å². The number of hydrogen-bond acceptors (Lipinski definition) is 2. The lowest BCUT2D eigenvalue weighted by atomic mass is 9.87. The SMILES string of the molecule is CC(C)(C)c1ccc(COc2cccc(C=O)c2)cc1. The summed E-state index contributed by atoms with van der Waals surface area (Å²) < 4.78 is 5.70. The quantitative estimate of drug-likeness (QED) is 0.769. The highest BCUT2D eigenvalue weighted by atomic mass is 16.5. The number of carbonyl (C=O) groups excluding carboxylic acids is 1. The molecule has 2 heteroatoms. The topological polar surface area (TPSA) is 26.3 Å². The molecule has 0 aliphatic heterocycles. The second kappa shape index (κ2) is 5.91. The molecule has 0 aliphatic rings. The summed E-state index contributed by atoms with van der Waals surface area (Å²) in [6.07, 6.45) is 0.824. The molecule has 20 heavy (non-hydrogen) atoms. The van der Waals surface area contributed by atoms with Gasteiger partial charge in [0.25, 0.3) is 0 Å². The predicted octanol–water partition coefficient (Wildman–Crippen LogP) is 4.38. The molecule has 2 rings (SSSR count). The molecule has 0 amide bonds. The Labute approximate surface area is 120 Å². The van der Waals surface area contributed by atoms with E-state index in [0.29, 0.717) is 12.2 Å². The van der Waals surface area contributed by atoms with Gasteiger partial charge in [-0.1, -0.05) is 57.2 Å². The highest BCUT2D eigenvalue weighted by Gasteiger charge is 2.12. The number of benzene rings is 2. The lowest BCUT2D eigenvalue weighted by molar-refractivity contribution is 0.112. The van der Waals surface area contributed by atoms with Crippen LogP contribution >= 0.6 is 0 Å². The van der Waals surface area contributed by atoms with Crippen molar-refractivity contribution in [2.75, 3.05) is 0 Å². The highest BCUT2D eigenvalue weighted by molar-refractivity contribution is 5.75. The third-order valence-corrected chi connectivity index (χ3v) is 3.22. The normalized spacial score (nSPS) is 11.2. The first-order valence-corrected chi connectivity index (χ1v) is 6.76. The Morgan fingerprint density at radius 3 is 2.35 bits per heavy atom. The summed E-state index contributed by atoms with van der Waals surface area (Å²) >= 11 is 0. The number of ether oxygens (including phenoxy) is 1. The van der Waals surface area contributed by atoms with E-state index in [1.807, 2.05) is 12.1 Å². The van der Waals surface area contributed by atoms with Gasteiger partial charge in [0, 0.05) is 5.56 Å². The van der Waals surface area contributed by atoms with Crippen LogP contribution in [0.25, 0.3) is 0 Å². The summed E-state index contributed by atoms with van der Waals surface area (Å²) in [5.41, 5.74) is 3.22. The van der Waals surface area contributed by atoms with Gasteiger partial charge in [0.15, 0.2) is 0 Å². The first kappa shape index (κ1) is 14.3. The Morgan fingerprint density at radius 2 is 1.75 bits per heavy atom. The summed E-state index contributed by atoms with van der Waals surface area (Å²) in [5, 5.41) is 0. The summed E-state index contributed by atoms with van der Waals surface area (Å²) in [5.74, 6) is 0.717. The van der Waals surface area contributed by atoms with Gasteiger partial charge in [0.05, 0.1) is 0 Å². The molecule has 0 radical (unpaired) electrons. The summed E-state index contributed by atoms with van der Waals surface area (Å²) in [6.45, 7) is 7.10. The maximum absolute atomic E-state index is 10.7. The van der Waals surface area contributed by atoms with Crippen LogP contribution in [0.15, 0.2) is 48.5 Å². The molecule has 2 aromatic carbocycles. The molecule has 0 saturated carbocycles. The Bertz CT molecular complexity index is 577. The van der Waals surface area contributed by atoms with Crippen molar-refractivity contribution in [2.24, 2.45) is 0 Å². The molecule has 0 N–H and O–H groups in total. The zero-order chi connectivity index (χ0) is 14.6. The minimum atomic E-state index is 0.164. The van der Waals surface area contributed by atoms with Gasteiger partial charge in [-0.2, -0.15) is 0 Å². The van der Waals surface area contributed by atoms with E-state index >= 15 is 0 Å². The van der Waals surface area contributed by atoms with Crippen molar-refractivity contribution < 1.29 is 9.53 Å². The van der Waals surface area contributed by atoms with Crippen molar-refractivity contribution in [3.8, 4) is 5.75 Å². The monoisotopic (exact) mass is 268 g/mol. The van der Waals surface area contributed by atoms with E-state index in [-0.39, 0.29) is 5.41 Å². The lowest BCUT2D eigenvalue weighted by Gasteiger charge is -2.19. The van der Waals surface area contributed by atoms with Crippen LogP contribution in [0.3, 0.4) is 0 Å². The number of carbonyl (C=O) groups is 1. The van der Waals surface area contributed by atoms with Crippen LogP contribution < -0.4 is 4.74 Å². The smallest absolute Gasteiger partial charge is 0.150 e. The van der Waals surface area contributed by atoms with Crippen molar-refractivity contribution >= 4 is 6.29 Å². The minimum Gasteiger partial charge on any atom is -0.489 e. The predicted molar refractivity (Wildman–Crippen MR) is 81.3 cm³/mol. The molecule has 0 aromatic heterocycles. The van der Waals surface area contributed by atoms with Gasteiger partial charge in [-0.3, -0.25) is 4.79 Å². The van der Waals surface area contributed by atoms with Gasteiger partial charge < -0.3 is 4.74 Å². The zero-order valence-corrected chi connectivity index (χ0v) is 12.2. The molecule has 104 valence electrons. The van der Waals surface area contributed by atoms with Crippen LogP contribution in [-0.2, 0) is 12.0 Å². The average molecular weight is 268 g/mol. The van der Waals surface area contributed by atoms with Crippen molar-refractivity contribution in [3.05, 3.63) is 65.2 Å². The standard InChI is InChI=1S/C18H20O2/c1-18(2,3)16-9-7-14(8-10-16)13-20-17-6-4-5-15(11-17)12-19/h4-12H,13H2,1-3H3. The van der Waals surface area contributed by atoms with Gasteiger partial charge in [0.2, 0.25) is 0 Å². The third kappa shape index (κ3) is 3.70. The molecule has 0 aliphatic carbocycles. The van der Waals surface area contributed by atoms with E-state index < -0.39 is 0 Å². The molecule has 0 bridgehead atoms. The van der Waals surface area contributed by atoms with Crippen LogP contribution in [0.5, 0.6) is 5.75 Å². The van der Waals surface area contributed by atoms with Gasteiger partial charge in [0.1, 0.15) is 18.6 Å². The third-order valence-electron chi connectivity index (χ3n) is 3.22. The molecular weight excluding hydrogens is 248 g/mol. The van der Waals surface area contributed by atoms with E-state index in [2.05, 4.69) is 45.0 Å². The zero-order valence-electron chi connectivity index (χ0n) is 12.2. The fourth-order valence-electron chi connectivity index (χ4n) is 1.95. The summed E-state index contributed by atoms with van der Waals surface area (Å²) in [4.78, 5) is 10.7. The number of rotatable bonds is 4. The van der Waals surface area contributed by atoms with Crippen LogP contribution in [0.4, 0.5) is 0 Å². The molecule has 0 spiro atoms. The Balaban J connectivity index is 2.02. The van der Waals surface area contributed by atoms with Gasteiger partial charge >= 0.3 is 0 Å². The Morgan fingerprint density at radius 1 is 1.05 bits per heavy atom. The second-order valence-electron chi connectivity index (χ2n) is 5.93. The van der Waals surface area contributed by atoms with Gasteiger partial charge in [-0.05, 0) is 28.7 Å². The fraction of sp³-hybridized carbons (Fsp3) is 0.278. The van der Waals surface area contributed by atoms with Crippen LogP contribution in [0, 0.1) is 0 Å². The molecule has 0 atom stereocenters. The fourth-order valence-corrected chi connectivity index (χ4v) is 1.95. The maximum atomic E-state index is 10.7. The molecular formula is C18H20O2. The first-order valence-electron chi connectivity index (χ1n) is 6.76. The van der Waals surface area contributed by atoms with E-state index in [1.165, 1.54) is 5.56 Å². The van der Waals surface area contributed by atoms with Crippen molar-refractivity contribution in [3.63, 3.8) is 0 Å². The Hall–Kier alpha value is -2.09. The van der Waals surface area contributed by atoms with E-state index in [0.717, 1.165) is 17.6 Å². The van der Waals surface area contributed by atoms with Crippen LogP contribution in [-0.4, -0.2) is 6.29 Å². The molecule has 2 nitrogen and oxygen atoms in total. The molecule has 0 unspecified atom stereocenters. The largest absolute Gasteiger partial charge is 0.489 e. The molecule has 0 fully saturated rings. The Kier molecular flexibility index (Phi) is 4.23. The molecule has 0 saturated heterocycles. The summed E-state index contributed by atoms with van der Waals surface area (Å²) in [7, 11) is 0. The maximum Gasteiger partial charge on any atom is 0.150 e. The van der Waals surface area contributed by atoms with E-state index in [4.69, 9.17) is 4.74 Å². The highest BCUT2D eigenvalue weighted by Crippen LogP contribution is 2.22. The number of aldehydes is 1. The van der Waals surface area contributed by atoms with Gasteiger partial charge in [-0.25, -0.2) is 0 Å². The van der Waals surface area contributed by atoms with Crippen LogP contribution in [0.2, 0.25) is 0 Å². The average Bonchev–Trinajstić information content (AvgIpc) is 2.45. The van der Waals surface area contributed by atoms with Crippen LogP contribution in [0.1, 0.15) is 42.3 Å². The first-order chi connectivity index (χ1) is 9.49. The second-order valence-corrected chi connectivity index (χ2v) is 5.93. The lowest BCUT2D eigenvalue weighted by Crippen LogP contribution is -2.10. The number of hydrogen-bond donors (Lipinski definition) is 0. The minimum absolute atomic E-state index is 0.164. The van der Waals surface area contributed by atoms with Crippen molar-refractivity contribution in [2.45, 2.75) is 32.8 Å².